The quantitative estimate of drug-likeness (QED) is 0.355. The van der Waals surface area contributed by atoms with E-state index < -0.39 is 18.3 Å². The molecule has 1 aromatic heterocycles. The summed E-state index contributed by atoms with van der Waals surface area (Å²) in [7, 11) is -5.17. The lowest BCUT2D eigenvalue weighted by atomic mass is 9.71. The average molecular weight is 660 g/mol. The lowest BCUT2D eigenvalue weighted by Gasteiger charge is -2.50. The maximum Gasteiger partial charge on any atom is 0.243 e. The van der Waals surface area contributed by atoms with Crippen LogP contribution in [0, 0.1) is 24.7 Å². The molecule has 5 heterocycles. The number of hydrogen-bond acceptors (Lipinski definition) is 4. The monoisotopic (exact) mass is 659 g/mol. The summed E-state index contributed by atoms with van der Waals surface area (Å²) in [6, 6.07) is 18.5. The molecule has 2 bridgehead atoms. The van der Waals surface area contributed by atoms with Gasteiger partial charge in [-0.2, -0.15) is 4.31 Å². The van der Waals surface area contributed by atoms with Crippen LogP contribution in [0.4, 0.5) is 0 Å². The predicted octanol–water partition coefficient (Wildman–Crippen LogP) is 1.79. The first-order valence-corrected chi connectivity index (χ1v) is 20.9. The van der Waals surface area contributed by atoms with E-state index in [4.69, 9.17) is 4.43 Å². The number of quaternary nitrogens is 1. The summed E-state index contributed by atoms with van der Waals surface area (Å²) in [5.74, 6) is 2.15. The number of hydrogen-bond donors (Lipinski definition) is 1. The highest BCUT2D eigenvalue weighted by molar-refractivity contribution is 7.89. The molecule has 4 aliphatic rings. The molecule has 7 rings (SSSR count). The van der Waals surface area contributed by atoms with E-state index in [1.54, 1.807) is 21.3 Å². The van der Waals surface area contributed by atoms with Crippen molar-refractivity contribution < 1.29 is 35.6 Å². The third-order valence-electron chi connectivity index (χ3n) is 10.1. The molecular weight excluding hydrogens is 610 g/mol. The van der Waals surface area contributed by atoms with Crippen molar-refractivity contribution in [3.8, 4) is 0 Å². The Morgan fingerprint density at radius 1 is 1.00 bits per heavy atom. The zero-order valence-electron chi connectivity index (χ0n) is 26.6. The minimum absolute atomic E-state index is 0. The second-order valence-electron chi connectivity index (χ2n) is 14.1. The smallest absolute Gasteiger partial charge is 0.243 e. The van der Waals surface area contributed by atoms with Gasteiger partial charge >= 0.3 is 0 Å². The van der Waals surface area contributed by atoms with E-state index in [2.05, 4.69) is 55.0 Å². The van der Waals surface area contributed by atoms with Gasteiger partial charge in [-0.15, -0.1) is 0 Å². The molecule has 44 heavy (non-hydrogen) atoms. The number of rotatable bonds is 9. The fourth-order valence-electron chi connectivity index (χ4n) is 7.88. The van der Waals surface area contributed by atoms with E-state index in [1.165, 1.54) is 49.7 Å². The Balaban J connectivity index is 0.00000221. The Bertz CT molecular complexity index is 1490. The van der Waals surface area contributed by atoms with Crippen LogP contribution < -0.4 is 17.3 Å². The first-order valence-electron chi connectivity index (χ1n) is 16.0. The minimum atomic E-state index is -3.39. The van der Waals surface area contributed by atoms with Crippen LogP contribution in [0.15, 0.2) is 65.7 Å². The molecule has 4 saturated heterocycles. The van der Waals surface area contributed by atoms with E-state index >= 15 is 0 Å². The Morgan fingerprint density at radius 2 is 1.70 bits per heavy atom. The molecule has 3 N–H and O–H groups in total. The van der Waals surface area contributed by atoms with E-state index in [9.17, 15) is 8.42 Å². The molecule has 0 radical (unpaired) electrons. The van der Waals surface area contributed by atoms with Gasteiger partial charge in [0, 0.05) is 43.4 Å². The topological polar surface area (TPSA) is 95.4 Å². The maximum atomic E-state index is 13.2. The van der Waals surface area contributed by atoms with E-state index in [0.717, 1.165) is 35.8 Å². The average Bonchev–Trinajstić information content (AvgIpc) is 2.99. The normalized spacial score (nSPS) is 25.3. The van der Waals surface area contributed by atoms with Crippen molar-refractivity contribution in [3.05, 3.63) is 71.9 Å². The number of halogens is 1. The van der Waals surface area contributed by atoms with Crippen LogP contribution in [0.5, 0.6) is 0 Å². The number of nitrogens with one attached hydrogen (secondary N) is 1. The van der Waals surface area contributed by atoms with Gasteiger partial charge in [-0.05, 0) is 93.9 Å². The molecule has 10 heteroatoms. The van der Waals surface area contributed by atoms with Crippen molar-refractivity contribution >= 4 is 29.2 Å². The SMILES string of the molecule is Cc1ccc(S(=O)(=O)N2CCC(CC[C@H]3C[NH+]4CC[C@H]3C[C@H]4[C@H](O[Si](C)(C)C)c3ccnc4ccccc34)CC2)cc1.O.[Cl-]. The number of sulfonamides is 1. The van der Waals surface area contributed by atoms with Crippen LogP contribution in [-0.4, -0.2) is 63.7 Å². The molecular formula is C34H50ClN3O4SSi. The van der Waals surface area contributed by atoms with Gasteiger partial charge in [0.25, 0.3) is 0 Å². The molecule has 7 nitrogen and oxygen atoms in total. The van der Waals surface area contributed by atoms with Gasteiger partial charge in [0.2, 0.25) is 10.0 Å². The highest BCUT2D eigenvalue weighted by Crippen LogP contribution is 2.39. The zero-order valence-corrected chi connectivity index (χ0v) is 29.2. The second kappa shape index (κ2) is 14.3. The molecule has 5 atom stereocenters. The number of fused-ring (bicyclic) bond motifs is 4. The first kappa shape index (κ1) is 35.0. The lowest BCUT2D eigenvalue weighted by molar-refractivity contribution is -0.950. The maximum absolute atomic E-state index is 13.2. The molecule has 3 aromatic rings. The van der Waals surface area contributed by atoms with Crippen LogP contribution in [-0.2, 0) is 14.4 Å². The molecule has 0 spiro atoms. The standard InChI is InChI=1S/C34H47N3O3SSi.ClH.H2O/c1-25-9-13-29(14-10-25)41(38,39)37-21-16-26(17-22-37)11-12-28-24-36-20-18-27(28)23-33(36)34(40-42(2,3)4)31-15-19-35-32-8-6-5-7-30(31)32;;/h5-10,13-15,19,26-28,33-34H,11-12,16-18,20-24H2,1-4H3;1H;1H2/t27-,28-,33-,34+;;/m0../s1. The number of piperidine rings is 4. The van der Waals surface area contributed by atoms with Gasteiger partial charge in [-0.3, -0.25) is 4.98 Å². The van der Waals surface area contributed by atoms with Gasteiger partial charge in [0.05, 0.1) is 23.5 Å². The number of pyridine rings is 1. The van der Waals surface area contributed by atoms with Gasteiger partial charge in [-0.25, -0.2) is 8.42 Å². The molecule has 1 unspecified atom stereocenters. The van der Waals surface area contributed by atoms with Gasteiger partial charge in [0.1, 0.15) is 12.1 Å². The van der Waals surface area contributed by atoms with Crippen molar-refractivity contribution in [2.24, 2.45) is 17.8 Å². The second-order valence-corrected chi connectivity index (χ2v) is 20.5. The van der Waals surface area contributed by atoms with E-state index in [-0.39, 0.29) is 24.0 Å². The van der Waals surface area contributed by atoms with E-state index in [0.29, 0.717) is 29.9 Å². The number of aryl methyl sites for hydroxylation is 1. The van der Waals surface area contributed by atoms with Gasteiger partial charge in [0.15, 0.2) is 8.32 Å². The molecule has 0 amide bonds. The van der Waals surface area contributed by atoms with E-state index in [1.807, 2.05) is 25.3 Å². The molecule has 0 saturated carbocycles. The highest BCUT2D eigenvalue weighted by atomic mass is 35.5. The Labute approximate surface area is 271 Å². The van der Waals surface area contributed by atoms with Crippen LogP contribution >= 0.6 is 0 Å². The molecule has 0 aliphatic carbocycles. The summed E-state index contributed by atoms with van der Waals surface area (Å²) in [5.41, 5.74) is 3.45. The highest BCUT2D eigenvalue weighted by Gasteiger charge is 2.48. The first-order chi connectivity index (χ1) is 20.1. The molecule has 4 aliphatic heterocycles. The largest absolute Gasteiger partial charge is 1.00 e. The van der Waals surface area contributed by atoms with Crippen LogP contribution in [0.3, 0.4) is 0 Å². The number of aromatic nitrogens is 1. The summed E-state index contributed by atoms with van der Waals surface area (Å²) in [6.45, 7) is 12.7. The fourth-order valence-corrected chi connectivity index (χ4v) is 10.4. The molecule has 4 fully saturated rings. The minimum Gasteiger partial charge on any atom is -1.00 e. The van der Waals surface area contributed by atoms with Crippen molar-refractivity contribution in [2.75, 3.05) is 26.2 Å². The number of nitrogens with zero attached hydrogens (tertiary/aromatic N) is 2. The summed E-state index contributed by atoms with van der Waals surface area (Å²) in [4.78, 5) is 6.79. The van der Waals surface area contributed by atoms with Crippen molar-refractivity contribution in [1.82, 2.24) is 9.29 Å². The summed E-state index contributed by atoms with van der Waals surface area (Å²) in [6.07, 6.45) is 9.08. The van der Waals surface area contributed by atoms with Gasteiger partial charge < -0.3 is 27.2 Å². The van der Waals surface area contributed by atoms with Crippen molar-refractivity contribution in [1.29, 1.82) is 0 Å². The summed E-state index contributed by atoms with van der Waals surface area (Å²) < 4.78 is 35.0. The third-order valence-corrected chi connectivity index (χ3v) is 13.0. The summed E-state index contributed by atoms with van der Waals surface area (Å²) >= 11 is 0. The zero-order chi connectivity index (χ0) is 29.5. The molecule has 242 valence electrons. The summed E-state index contributed by atoms with van der Waals surface area (Å²) in [5, 5.41) is 1.23. The fraction of sp³-hybridized carbons (Fsp3) is 0.559. The predicted molar refractivity (Wildman–Crippen MR) is 175 cm³/mol. The van der Waals surface area contributed by atoms with Crippen LogP contribution in [0.25, 0.3) is 10.9 Å². The Hall–Kier alpha value is -1.85. The number of benzene rings is 2. The van der Waals surface area contributed by atoms with Crippen LogP contribution in [0.1, 0.15) is 55.8 Å². The van der Waals surface area contributed by atoms with Crippen molar-refractivity contribution in [2.45, 2.75) is 82.1 Å². The van der Waals surface area contributed by atoms with Crippen LogP contribution in [0.2, 0.25) is 19.6 Å². The Kier molecular flexibility index (Phi) is 11.4. The third kappa shape index (κ3) is 7.57. The number of para-hydroxylation sites is 1. The lowest BCUT2D eigenvalue weighted by Crippen LogP contribution is -3.20. The molecule has 2 aromatic carbocycles. The van der Waals surface area contributed by atoms with Gasteiger partial charge in [-0.1, -0.05) is 35.9 Å². The Morgan fingerprint density at radius 3 is 2.36 bits per heavy atom. The van der Waals surface area contributed by atoms with Crippen molar-refractivity contribution in [3.63, 3.8) is 0 Å².